The molecular formula is C11H13ClN4O2. The molecule has 1 aliphatic heterocycles. The summed E-state index contributed by atoms with van der Waals surface area (Å²) in [7, 11) is 1.71. The summed E-state index contributed by atoms with van der Waals surface area (Å²) < 4.78 is 0. The Hall–Kier alpha value is -1.82. The number of rotatable bonds is 1. The number of hydrogen-bond donors (Lipinski definition) is 1. The van der Waals surface area contributed by atoms with Gasteiger partial charge in [0.15, 0.2) is 0 Å². The largest absolute Gasteiger partial charge is 0.397 e. The van der Waals surface area contributed by atoms with Crippen molar-refractivity contribution < 1.29 is 9.59 Å². The average molecular weight is 269 g/mol. The van der Waals surface area contributed by atoms with Crippen molar-refractivity contribution in [1.82, 2.24) is 14.8 Å². The highest BCUT2D eigenvalue weighted by Gasteiger charge is 2.26. The first-order valence-electron chi connectivity index (χ1n) is 5.43. The van der Waals surface area contributed by atoms with E-state index in [0.29, 0.717) is 13.1 Å². The van der Waals surface area contributed by atoms with Gasteiger partial charge in [-0.3, -0.25) is 9.59 Å². The zero-order valence-electron chi connectivity index (χ0n) is 9.89. The van der Waals surface area contributed by atoms with Crippen LogP contribution >= 0.6 is 11.6 Å². The first kappa shape index (κ1) is 12.6. The zero-order valence-corrected chi connectivity index (χ0v) is 10.6. The van der Waals surface area contributed by atoms with E-state index in [4.69, 9.17) is 17.3 Å². The zero-order chi connectivity index (χ0) is 13.3. The van der Waals surface area contributed by atoms with Crippen LogP contribution < -0.4 is 5.73 Å². The average Bonchev–Trinajstić information content (AvgIpc) is 2.35. The number of carbonyl (C=O) groups excluding carboxylic acids is 2. The Morgan fingerprint density at radius 2 is 2.22 bits per heavy atom. The van der Waals surface area contributed by atoms with Crippen molar-refractivity contribution in [3.05, 3.63) is 23.0 Å². The predicted octanol–water partition coefficient (Wildman–Crippen LogP) is 0.231. The number of nitrogens with two attached hydrogens (primary N) is 1. The van der Waals surface area contributed by atoms with Crippen LogP contribution in [0.15, 0.2) is 12.3 Å². The number of halogens is 1. The third-order valence-electron chi connectivity index (χ3n) is 2.88. The quantitative estimate of drug-likeness (QED) is 0.740. The van der Waals surface area contributed by atoms with E-state index >= 15 is 0 Å². The van der Waals surface area contributed by atoms with Gasteiger partial charge in [-0.15, -0.1) is 0 Å². The van der Waals surface area contributed by atoms with Crippen LogP contribution in [-0.4, -0.2) is 53.3 Å². The molecule has 0 aliphatic carbocycles. The van der Waals surface area contributed by atoms with Crippen molar-refractivity contribution >= 4 is 29.1 Å². The van der Waals surface area contributed by atoms with Crippen molar-refractivity contribution in [3.63, 3.8) is 0 Å². The lowest BCUT2D eigenvalue weighted by Crippen LogP contribution is -2.50. The van der Waals surface area contributed by atoms with Gasteiger partial charge in [-0.1, -0.05) is 11.6 Å². The molecule has 6 nitrogen and oxygen atoms in total. The van der Waals surface area contributed by atoms with Crippen LogP contribution in [0.1, 0.15) is 10.4 Å². The van der Waals surface area contributed by atoms with Crippen molar-refractivity contribution in [1.29, 1.82) is 0 Å². The second-order valence-corrected chi connectivity index (χ2v) is 4.52. The molecule has 96 valence electrons. The molecule has 18 heavy (non-hydrogen) atoms. The molecule has 2 N–H and O–H groups in total. The molecule has 0 radical (unpaired) electrons. The van der Waals surface area contributed by atoms with Crippen LogP contribution in [0.25, 0.3) is 0 Å². The van der Waals surface area contributed by atoms with Gasteiger partial charge in [-0.25, -0.2) is 4.98 Å². The highest BCUT2D eigenvalue weighted by molar-refractivity contribution is 6.29. The van der Waals surface area contributed by atoms with Gasteiger partial charge < -0.3 is 15.5 Å². The van der Waals surface area contributed by atoms with Crippen LogP contribution in [0.5, 0.6) is 0 Å². The van der Waals surface area contributed by atoms with Crippen molar-refractivity contribution in [2.45, 2.75) is 0 Å². The molecule has 1 aliphatic rings. The minimum absolute atomic E-state index is 0.0642. The molecule has 2 rings (SSSR count). The monoisotopic (exact) mass is 268 g/mol. The number of nitrogens with zero attached hydrogens (tertiary/aromatic N) is 3. The topological polar surface area (TPSA) is 79.5 Å². The summed E-state index contributed by atoms with van der Waals surface area (Å²) in [6.45, 7) is 1.07. The molecule has 1 saturated heterocycles. The van der Waals surface area contributed by atoms with E-state index < -0.39 is 0 Å². The maximum atomic E-state index is 12.2. The lowest BCUT2D eigenvalue weighted by atomic mass is 10.2. The first-order chi connectivity index (χ1) is 8.49. The highest BCUT2D eigenvalue weighted by atomic mass is 35.5. The smallest absolute Gasteiger partial charge is 0.256 e. The fraction of sp³-hybridized carbons (Fsp3) is 0.364. The van der Waals surface area contributed by atoms with Gasteiger partial charge in [0.2, 0.25) is 5.91 Å². The number of nitrogen functional groups attached to an aromatic ring is 1. The van der Waals surface area contributed by atoms with E-state index in [0.717, 1.165) is 0 Å². The Bertz CT molecular complexity index is 506. The Labute approximate surface area is 109 Å². The van der Waals surface area contributed by atoms with E-state index in [1.165, 1.54) is 17.2 Å². The fourth-order valence-electron chi connectivity index (χ4n) is 1.73. The number of aromatic nitrogens is 1. The van der Waals surface area contributed by atoms with E-state index in [2.05, 4.69) is 4.98 Å². The second-order valence-electron chi connectivity index (χ2n) is 4.14. The minimum atomic E-state index is -0.293. The van der Waals surface area contributed by atoms with Crippen LogP contribution in [0.3, 0.4) is 0 Å². The lowest BCUT2D eigenvalue weighted by molar-refractivity contribution is -0.133. The number of amides is 2. The van der Waals surface area contributed by atoms with Gasteiger partial charge >= 0.3 is 0 Å². The molecule has 2 amide bonds. The van der Waals surface area contributed by atoms with Crippen LogP contribution in [-0.2, 0) is 4.79 Å². The summed E-state index contributed by atoms with van der Waals surface area (Å²) >= 11 is 5.74. The molecular weight excluding hydrogens is 256 g/mol. The van der Waals surface area contributed by atoms with Crippen LogP contribution in [0, 0.1) is 0 Å². The predicted molar refractivity (Wildman–Crippen MR) is 67.2 cm³/mol. The molecule has 1 fully saturated rings. The van der Waals surface area contributed by atoms with Gasteiger partial charge in [0.05, 0.1) is 17.4 Å². The summed E-state index contributed by atoms with van der Waals surface area (Å²) in [5.41, 5.74) is 6.24. The number of likely N-dealkylation sites (N-methyl/N-ethyl adjacent to an activating group) is 1. The normalized spacial score (nSPS) is 16.0. The Morgan fingerprint density at radius 3 is 2.89 bits per heavy atom. The van der Waals surface area contributed by atoms with E-state index in [1.54, 1.807) is 11.9 Å². The highest BCUT2D eigenvalue weighted by Crippen LogP contribution is 2.18. The van der Waals surface area contributed by atoms with Gasteiger partial charge in [0.1, 0.15) is 11.7 Å². The Morgan fingerprint density at radius 1 is 1.50 bits per heavy atom. The maximum absolute atomic E-state index is 12.2. The summed E-state index contributed by atoms with van der Waals surface area (Å²) in [5.74, 6) is -0.383. The number of hydrogen-bond acceptors (Lipinski definition) is 4. The first-order valence-corrected chi connectivity index (χ1v) is 5.81. The molecule has 0 atom stereocenters. The summed E-state index contributed by atoms with van der Waals surface area (Å²) in [5, 5.41) is 0.202. The number of carbonyl (C=O) groups is 2. The molecule has 0 saturated carbocycles. The van der Waals surface area contributed by atoms with Crippen molar-refractivity contribution in [2.75, 3.05) is 32.4 Å². The van der Waals surface area contributed by atoms with Crippen molar-refractivity contribution in [3.8, 4) is 0 Å². The number of piperazine rings is 1. The summed E-state index contributed by atoms with van der Waals surface area (Å²) in [4.78, 5) is 30.6. The molecule has 0 bridgehead atoms. The molecule has 1 aromatic rings. The maximum Gasteiger partial charge on any atom is 0.256 e. The lowest BCUT2D eigenvalue weighted by Gasteiger charge is -2.32. The molecule has 2 heterocycles. The van der Waals surface area contributed by atoms with Gasteiger partial charge in [-0.05, 0) is 6.07 Å². The molecule has 7 heteroatoms. The van der Waals surface area contributed by atoms with Gasteiger partial charge in [-0.2, -0.15) is 0 Å². The number of anilines is 1. The Kier molecular flexibility index (Phi) is 3.38. The molecule has 0 spiro atoms. The third-order valence-corrected chi connectivity index (χ3v) is 3.08. The summed E-state index contributed by atoms with van der Waals surface area (Å²) in [6, 6.07) is 1.42. The molecule has 0 unspecified atom stereocenters. The van der Waals surface area contributed by atoms with E-state index in [1.807, 2.05) is 0 Å². The number of pyridine rings is 1. The SMILES string of the molecule is CN1CCN(C(=O)c2cc(Cl)ncc2N)CC1=O. The van der Waals surface area contributed by atoms with E-state index in [9.17, 15) is 9.59 Å². The molecule has 0 aromatic carbocycles. The standard InChI is InChI=1S/C11H13ClN4O2/c1-15-2-3-16(6-10(15)17)11(18)7-4-9(12)14-5-8(7)13/h4-5H,2-3,6,13H2,1H3. The summed E-state index contributed by atoms with van der Waals surface area (Å²) in [6.07, 6.45) is 1.34. The van der Waals surface area contributed by atoms with Gasteiger partial charge in [0, 0.05) is 20.1 Å². The second kappa shape index (κ2) is 4.81. The fourth-order valence-corrected chi connectivity index (χ4v) is 1.89. The van der Waals surface area contributed by atoms with Crippen LogP contribution in [0.4, 0.5) is 5.69 Å². The third kappa shape index (κ3) is 2.38. The minimum Gasteiger partial charge on any atom is -0.397 e. The van der Waals surface area contributed by atoms with Gasteiger partial charge in [0.25, 0.3) is 5.91 Å². The van der Waals surface area contributed by atoms with Crippen LogP contribution in [0.2, 0.25) is 5.15 Å². The van der Waals surface area contributed by atoms with E-state index in [-0.39, 0.29) is 34.8 Å². The molecule has 1 aromatic heterocycles. The Balaban J connectivity index is 2.21. The van der Waals surface area contributed by atoms with Crippen molar-refractivity contribution in [2.24, 2.45) is 0 Å².